The molecule has 1 heterocycles. The molecule has 4 heteroatoms. The summed E-state index contributed by atoms with van der Waals surface area (Å²) < 4.78 is 0. The normalized spacial score (nSPS) is 19.7. The van der Waals surface area contributed by atoms with Gasteiger partial charge in [0.15, 0.2) is 0 Å². The standard InChI is InChI=1S/C14H20Cl2N2/c1-10-7-12(16)13(8-11(10)15)18-6-4-5-17-14(2,3)9-18/h7-8,17H,4-6,9H2,1-3H3. The quantitative estimate of drug-likeness (QED) is 0.843. The molecule has 0 saturated carbocycles. The first kappa shape index (κ1) is 14.0. The highest BCUT2D eigenvalue weighted by molar-refractivity contribution is 6.35. The van der Waals surface area contributed by atoms with E-state index in [-0.39, 0.29) is 5.54 Å². The summed E-state index contributed by atoms with van der Waals surface area (Å²) in [5.41, 5.74) is 2.17. The molecule has 0 atom stereocenters. The summed E-state index contributed by atoms with van der Waals surface area (Å²) >= 11 is 12.6. The lowest BCUT2D eigenvalue weighted by Gasteiger charge is -2.32. The van der Waals surface area contributed by atoms with Gasteiger partial charge in [0.05, 0.1) is 10.7 Å². The van der Waals surface area contributed by atoms with E-state index in [0.29, 0.717) is 0 Å². The number of aryl methyl sites for hydroxylation is 1. The van der Waals surface area contributed by atoms with Crippen LogP contribution in [0, 0.1) is 6.92 Å². The monoisotopic (exact) mass is 286 g/mol. The van der Waals surface area contributed by atoms with Crippen LogP contribution in [0.25, 0.3) is 0 Å². The Balaban J connectivity index is 2.32. The van der Waals surface area contributed by atoms with Gasteiger partial charge < -0.3 is 10.2 Å². The molecular formula is C14H20Cl2N2. The molecule has 1 fully saturated rings. The van der Waals surface area contributed by atoms with Crippen LogP contribution in [0.3, 0.4) is 0 Å². The number of nitrogens with one attached hydrogen (secondary N) is 1. The fourth-order valence-corrected chi connectivity index (χ4v) is 2.89. The van der Waals surface area contributed by atoms with Gasteiger partial charge in [-0.25, -0.2) is 0 Å². The molecule has 100 valence electrons. The number of hydrogen-bond donors (Lipinski definition) is 1. The molecule has 0 amide bonds. The highest BCUT2D eigenvalue weighted by atomic mass is 35.5. The van der Waals surface area contributed by atoms with Gasteiger partial charge in [-0.15, -0.1) is 0 Å². The molecule has 0 radical (unpaired) electrons. The summed E-state index contributed by atoms with van der Waals surface area (Å²) in [6.45, 7) is 9.40. The Labute approximate surface area is 119 Å². The van der Waals surface area contributed by atoms with Crippen molar-refractivity contribution in [1.82, 2.24) is 5.32 Å². The Kier molecular flexibility index (Phi) is 4.10. The Bertz CT molecular complexity index is 444. The van der Waals surface area contributed by atoms with Gasteiger partial charge in [0.25, 0.3) is 0 Å². The van der Waals surface area contributed by atoms with Gasteiger partial charge in [0, 0.05) is 23.7 Å². The largest absolute Gasteiger partial charge is 0.368 e. The highest BCUT2D eigenvalue weighted by Crippen LogP contribution is 2.33. The molecule has 0 unspecified atom stereocenters. The van der Waals surface area contributed by atoms with Crippen LogP contribution in [-0.4, -0.2) is 25.2 Å². The van der Waals surface area contributed by atoms with E-state index < -0.39 is 0 Å². The fraction of sp³-hybridized carbons (Fsp3) is 0.571. The van der Waals surface area contributed by atoms with E-state index in [1.165, 1.54) is 0 Å². The van der Waals surface area contributed by atoms with Crippen molar-refractivity contribution in [3.63, 3.8) is 0 Å². The number of halogens is 2. The summed E-state index contributed by atoms with van der Waals surface area (Å²) in [6, 6.07) is 3.94. The SMILES string of the molecule is Cc1cc(Cl)c(N2CCCNC(C)(C)C2)cc1Cl. The molecule has 0 aromatic heterocycles. The lowest BCUT2D eigenvalue weighted by atomic mass is 10.1. The van der Waals surface area contributed by atoms with Crippen LogP contribution in [0.1, 0.15) is 25.8 Å². The molecule has 1 aromatic rings. The summed E-state index contributed by atoms with van der Waals surface area (Å²) in [4.78, 5) is 2.33. The molecule has 2 rings (SSSR count). The van der Waals surface area contributed by atoms with E-state index in [0.717, 1.165) is 47.4 Å². The van der Waals surface area contributed by atoms with Crippen LogP contribution < -0.4 is 10.2 Å². The maximum absolute atomic E-state index is 6.36. The van der Waals surface area contributed by atoms with Gasteiger partial charge in [-0.3, -0.25) is 0 Å². The Morgan fingerprint density at radius 1 is 1.22 bits per heavy atom. The van der Waals surface area contributed by atoms with E-state index in [2.05, 4.69) is 24.1 Å². The topological polar surface area (TPSA) is 15.3 Å². The van der Waals surface area contributed by atoms with Crippen LogP contribution in [0.4, 0.5) is 5.69 Å². The van der Waals surface area contributed by atoms with Gasteiger partial charge >= 0.3 is 0 Å². The molecule has 1 aromatic carbocycles. The van der Waals surface area contributed by atoms with E-state index in [4.69, 9.17) is 23.2 Å². The zero-order valence-corrected chi connectivity index (χ0v) is 12.7. The van der Waals surface area contributed by atoms with Crippen molar-refractivity contribution >= 4 is 28.9 Å². The Hall–Kier alpha value is -0.440. The molecule has 1 N–H and O–H groups in total. The first-order chi connectivity index (χ1) is 8.39. The second kappa shape index (κ2) is 5.28. The first-order valence-electron chi connectivity index (χ1n) is 6.35. The van der Waals surface area contributed by atoms with E-state index >= 15 is 0 Å². The summed E-state index contributed by atoms with van der Waals surface area (Å²) in [5, 5.41) is 5.12. The predicted octanol–water partition coefficient (Wildman–Crippen LogP) is 3.88. The van der Waals surface area contributed by atoms with Crippen molar-refractivity contribution in [2.75, 3.05) is 24.5 Å². The lowest BCUT2D eigenvalue weighted by Crippen LogP contribution is -2.46. The molecule has 0 bridgehead atoms. The number of hydrogen-bond acceptors (Lipinski definition) is 2. The van der Waals surface area contributed by atoms with Crippen molar-refractivity contribution in [2.24, 2.45) is 0 Å². The molecule has 0 aliphatic carbocycles. The summed E-state index contributed by atoms with van der Waals surface area (Å²) in [5.74, 6) is 0. The van der Waals surface area contributed by atoms with E-state index in [1.807, 2.05) is 19.1 Å². The maximum atomic E-state index is 6.36. The van der Waals surface area contributed by atoms with Gasteiger partial charge in [0.1, 0.15) is 0 Å². The molecule has 1 aliphatic heterocycles. The van der Waals surface area contributed by atoms with Gasteiger partial charge in [-0.1, -0.05) is 23.2 Å². The van der Waals surface area contributed by atoms with Gasteiger partial charge in [-0.05, 0) is 51.4 Å². The summed E-state index contributed by atoms with van der Waals surface area (Å²) in [6.07, 6.45) is 1.12. The molecular weight excluding hydrogens is 267 g/mol. The minimum absolute atomic E-state index is 0.0944. The molecule has 1 aliphatic rings. The third kappa shape index (κ3) is 3.11. The van der Waals surface area contributed by atoms with Crippen molar-refractivity contribution in [2.45, 2.75) is 32.7 Å². The van der Waals surface area contributed by atoms with Crippen molar-refractivity contribution < 1.29 is 0 Å². The lowest BCUT2D eigenvalue weighted by molar-refractivity contribution is 0.416. The minimum atomic E-state index is 0.0944. The van der Waals surface area contributed by atoms with Crippen LogP contribution in [0.2, 0.25) is 10.0 Å². The fourth-order valence-electron chi connectivity index (χ4n) is 2.39. The van der Waals surface area contributed by atoms with Crippen LogP contribution in [0.5, 0.6) is 0 Å². The smallest absolute Gasteiger partial charge is 0.0643 e. The molecule has 0 spiro atoms. The second-order valence-corrected chi connectivity index (χ2v) is 6.45. The van der Waals surface area contributed by atoms with E-state index in [9.17, 15) is 0 Å². The van der Waals surface area contributed by atoms with Crippen molar-refractivity contribution in [3.8, 4) is 0 Å². The minimum Gasteiger partial charge on any atom is -0.368 e. The number of anilines is 1. The van der Waals surface area contributed by atoms with Crippen molar-refractivity contribution in [3.05, 3.63) is 27.7 Å². The maximum Gasteiger partial charge on any atom is 0.0643 e. The summed E-state index contributed by atoms with van der Waals surface area (Å²) in [7, 11) is 0. The van der Waals surface area contributed by atoms with Crippen LogP contribution in [0.15, 0.2) is 12.1 Å². The van der Waals surface area contributed by atoms with Crippen molar-refractivity contribution in [1.29, 1.82) is 0 Å². The predicted molar refractivity (Wildman–Crippen MR) is 80.1 cm³/mol. The molecule has 1 saturated heterocycles. The van der Waals surface area contributed by atoms with Gasteiger partial charge in [0.2, 0.25) is 0 Å². The average molecular weight is 287 g/mol. The number of nitrogens with zero attached hydrogens (tertiary/aromatic N) is 1. The van der Waals surface area contributed by atoms with E-state index in [1.54, 1.807) is 0 Å². The second-order valence-electron chi connectivity index (χ2n) is 5.64. The number of rotatable bonds is 1. The first-order valence-corrected chi connectivity index (χ1v) is 7.10. The van der Waals surface area contributed by atoms with Gasteiger partial charge in [-0.2, -0.15) is 0 Å². The zero-order chi connectivity index (χ0) is 13.3. The third-order valence-electron chi connectivity index (χ3n) is 3.36. The molecule has 18 heavy (non-hydrogen) atoms. The van der Waals surface area contributed by atoms with Crippen LogP contribution in [-0.2, 0) is 0 Å². The third-order valence-corrected chi connectivity index (χ3v) is 4.07. The molecule has 2 nitrogen and oxygen atoms in total. The Morgan fingerprint density at radius 3 is 2.67 bits per heavy atom. The average Bonchev–Trinajstić information content (AvgIpc) is 2.44. The zero-order valence-electron chi connectivity index (χ0n) is 11.2. The highest BCUT2D eigenvalue weighted by Gasteiger charge is 2.25. The van der Waals surface area contributed by atoms with Crippen LogP contribution >= 0.6 is 23.2 Å². The number of benzene rings is 1. The Morgan fingerprint density at radius 2 is 1.94 bits per heavy atom.